The van der Waals surface area contributed by atoms with E-state index < -0.39 is 0 Å². The van der Waals surface area contributed by atoms with Crippen LogP contribution in [0, 0.1) is 11.2 Å². The number of rotatable bonds is 12. The van der Waals surface area contributed by atoms with Crippen molar-refractivity contribution in [3.8, 4) is 5.75 Å². The Labute approximate surface area is 243 Å². The summed E-state index contributed by atoms with van der Waals surface area (Å²) in [6.45, 7) is 1.69. The summed E-state index contributed by atoms with van der Waals surface area (Å²) < 4.78 is 22.9. The number of amides is 1. The molecular weight excluding hydrogens is 539 g/mol. The number of ether oxygens (including phenoxy) is 1. The predicted octanol–water partition coefficient (Wildman–Crippen LogP) is 7.19. The Morgan fingerprint density at radius 1 is 0.829 bits per heavy atom. The van der Waals surface area contributed by atoms with Crippen LogP contribution in [-0.4, -0.2) is 21.6 Å². The zero-order valence-corrected chi connectivity index (χ0v) is 23.4. The van der Waals surface area contributed by atoms with Crippen molar-refractivity contribution < 1.29 is 13.9 Å². The van der Waals surface area contributed by atoms with Crippen molar-refractivity contribution in [2.75, 3.05) is 11.9 Å². The SMILES string of the molecule is N=c1n(CCCOc2ccc(F)cc2)c2ccccc2n1Cc1ccc(CCCC(=O)Nc2ccccc2Cl)cc1. The second kappa shape index (κ2) is 13.3. The van der Waals surface area contributed by atoms with Gasteiger partial charge >= 0.3 is 0 Å². The van der Waals surface area contributed by atoms with E-state index >= 15 is 0 Å². The second-order valence-electron chi connectivity index (χ2n) is 9.90. The molecule has 5 aromatic rings. The third-order valence-electron chi connectivity index (χ3n) is 6.96. The summed E-state index contributed by atoms with van der Waals surface area (Å²) in [6.07, 6.45) is 2.67. The molecule has 0 bridgehead atoms. The average molecular weight is 571 g/mol. The Hall–Kier alpha value is -4.36. The van der Waals surface area contributed by atoms with Crippen molar-refractivity contribution in [1.29, 1.82) is 5.41 Å². The number of imidazole rings is 1. The van der Waals surface area contributed by atoms with Crippen molar-refractivity contribution in [2.24, 2.45) is 0 Å². The van der Waals surface area contributed by atoms with Gasteiger partial charge < -0.3 is 19.2 Å². The first kappa shape index (κ1) is 28.2. The molecule has 1 amide bonds. The molecule has 41 heavy (non-hydrogen) atoms. The molecule has 1 heterocycles. The molecule has 1 aromatic heterocycles. The Kier molecular flexibility index (Phi) is 9.16. The standard InChI is InChI=1S/C33H32ClFN4O2/c34-28-8-1-2-9-29(28)37-32(40)12-5-7-24-13-15-25(16-14-24)23-39-31-11-4-3-10-30(31)38(33(39)36)21-6-22-41-27-19-17-26(35)18-20-27/h1-4,8-11,13-20,36H,5-7,12,21-23H2,(H,37,40). The largest absolute Gasteiger partial charge is 0.494 e. The fraction of sp³-hybridized carbons (Fsp3) is 0.212. The molecule has 0 saturated heterocycles. The Morgan fingerprint density at radius 2 is 1.49 bits per heavy atom. The topological polar surface area (TPSA) is 72.0 Å². The molecule has 0 spiro atoms. The molecule has 4 aromatic carbocycles. The van der Waals surface area contributed by atoms with E-state index in [2.05, 4.69) is 29.6 Å². The summed E-state index contributed by atoms with van der Waals surface area (Å²) >= 11 is 6.12. The van der Waals surface area contributed by atoms with Crippen LogP contribution in [-0.2, 0) is 24.3 Å². The summed E-state index contributed by atoms with van der Waals surface area (Å²) in [5.41, 5.74) is 5.35. The van der Waals surface area contributed by atoms with E-state index in [0.29, 0.717) is 54.6 Å². The van der Waals surface area contributed by atoms with Crippen LogP contribution in [0.15, 0.2) is 97.1 Å². The summed E-state index contributed by atoms with van der Waals surface area (Å²) in [5, 5.41) is 12.3. The molecule has 0 unspecified atom stereocenters. The summed E-state index contributed by atoms with van der Waals surface area (Å²) in [4.78, 5) is 12.3. The van der Waals surface area contributed by atoms with E-state index in [4.69, 9.17) is 21.7 Å². The molecule has 8 heteroatoms. The number of para-hydroxylation sites is 3. The highest BCUT2D eigenvalue weighted by molar-refractivity contribution is 6.33. The molecule has 0 radical (unpaired) electrons. The number of carbonyl (C=O) groups is 1. The van der Waals surface area contributed by atoms with Crippen molar-refractivity contribution in [3.63, 3.8) is 0 Å². The van der Waals surface area contributed by atoms with Crippen LogP contribution in [0.5, 0.6) is 5.75 Å². The van der Waals surface area contributed by atoms with Gasteiger partial charge in [0.05, 0.1) is 34.9 Å². The first-order chi connectivity index (χ1) is 20.0. The minimum Gasteiger partial charge on any atom is -0.494 e. The van der Waals surface area contributed by atoms with Crippen LogP contribution >= 0.6 is 11.6 Å². The Bertz CT molecular complexity index is 1680. The second-order valence-corrected chi connectivity index (χ2v) is 10.3. The zero-order valence-electron chi connectivity index (χ0n) is 22.7. The number of halogens is 2. The molecule has 0 aliphatic rings. The van der Waals surface area contributed by atoms with E-state index in [-0.39, 0.29) is 11.7 Å². The van der Waals surface area contributed by atoms with E-state index in [9.17, 15) is 9.18 Å². The fourth-order valence-corrected chi connectivity index (χ4v) is 5.03. The predicted molar refractivity (Wildman–Crippen MR) is 161 cm³/mol. The molecule has 0 aliphatic heterocycles. The first-order valence-electron chi connectivity index (χ1n) is 13.7. The maximum Gasteiger partial charge on any atom is 0.224 e. The highest BCUT2D eigenvalue weighted by Crippen LogP contribution is 2.21. The van der Waals surface area contributed by atoms with Gasteiger partial charge in [-0.1, -0.05) is 60.1 Å². The Morgan fingerprint density at radius 3 is 2.22 bits per heavy atom. The highest BCUT2D eigenvalue weighted by atomic mass is 35.5. The molecule has 5 rings (SSSR count). The van der Waals surface area contributed by atoms with Gasteiger partial charge in [0.1, 0.15) is 11.6 Å². The molecular formula is C33H32ClFN4O2. The van der Waals surface area contributed by atoms with Crippen LogP contribution < -0.4 is 15.7 Å². The van der Waals surface area contributed by atoms with Gasteiger partial charge in [-0.25, -0.2) is 4.39 Å². The third kappa shape index (κ3) is 7.24. The monoisotopic (exact) mass is 570 g/mol. The Balaban J connectivity index is 1.17. The number of hydrogen-bond acceptors (Lipinski definition) is 3. The third-order valence-corrected chi connectivity index (χ3v) is 7.29. The minimum absolute atomic E-state index is 0.0486. The number of hydrogen-bond donors (Lipinski definition) is 2. The number of anilines is 1. The van der Waals surface area contributed by atoms with Crippen molar-refractivity contribution >= 4 is 34.2 Å². The van der Waals surface area contributed by atoms with Crippen LogP contribution in [0.1, 0.15) is 30.4 Å². The van der Waals surface area contributed by atoms with Gasteiger partial charge in [0, 0.05) is 13.0 Å². The maximum absolute atomic E-state index is 13.1. The van der Waals surface area contributed by atoms with Gasteiger partial charge in [0.25, 0.3) is 0 Å². The lowest BCUT2D eigenvalue weighted by molar-refractivity contribution is -0.116. The van der Waals surface area contributed by atoms with Gasteiger partial charge in [-0.05, 0) is 78.9 Å². The quantitative estimate of drug-likeness (QED) is 0.156. The van der Waals surface area contributed by atoms with Crippen molar-refractivity contribution in [1.82, 2.24) is 9.13 Å². The molecule has 2 N–H and O–H groups in total. The summed E-state index contributed by atoms with van der Waals surface area (Å²) in [7, 11) is 0. The van der Waals surface area contributed by atoms with Gasteiger partial charge in [-0.15, -0.1) is 0 Å². The molecule has 0 atom stereocenters. The average Bonchev–Trinajstić information content (AvgIpc) is 3.24. The molecule has 6 nitrogen and oxygen atoms in total. The number of fused-ring (bicyclic) bond motifs is 1. The van der Waals surface area contributed by atoms with Crippen LogP contribution in [0.2, 0.25) is 5.02 Å². The van der Waals surface area contributed by atoms with E-state index in [0.717, 1.165) is 29.4 Å². The number of carbonyl (C=O) groups excluding carboxylic acids is 1. The van der Waals surface area contributed by atoms with E-state index in [1.807, 2.05) is 45.5 Å². The number of nitrogens with zero attached hydrogens (tertiary/aromatic N) is 2. The molecule has 0 aliphatic carbocycles. The smallest absolute Gasteiger partial charge is 0.224 e. The molecule has 0 fully saturated rings. The van der Waals surface area contributed by atoms with Crippen LogP contribution in [0.3, 0.4) is 0 Å². The first-order valence-corrected chi connectivity index (χ1v) is 14.1. The van der Waals surface area contributed by atoms with Crippen molar-refractivity contribution in [3.05, 3.63) is 125 Å². The van der Waals surface area contributed by atoms with Gasteiger partial charge in [0.2, 0.25) is 11.5 Å². The minimum atomic E-state index is -0.288. The summed E-state index contributed by atoms with van der Waals surface area (Å²) in [5.74, 6) is 0.296. The number of nitrogens with one attached hydrogen (secondary N) is 2. The number of aromatic nitrogens is 2. The van der Waals surface area contributed by atoms with Gasteiger partial charge in [-0.2, -0.15) is 0 Å². The number of benzene rings is 4. The van der Waals surface area contributed by atoms with E-state index in [1.54, 1.807) is 24.3 Å². The van der Waals surface area contributed by atoms with Crippen LogP contribution in [0.25, 0.3) is 11.0 Å². The van der Waals surface area contributed by atoms with Crippen LogP contribution in [0.4, 0.5) is 10.1 Å². The lowest BCUT2D eigenvalue weighted by atomic mass is 10.1. The lowest BCUT2D eigenvalue weighted by Crippen LogP contribution is -2.25. The number of aryl methyl sites for hydroxylation is 2. The maximum atomic E-state index is 13.1. The zero-order chi connectivity index (χ0) is 28.6. The molecule has 210 valence electrons. The van der Waals surface area contributed by atoms with Gasteiger partial charge in [-0.3, -0.25) is 10.2 Å². The molecule has 0 saturated carbocycles. The summed E-state index contributed by atoms with van der Waals surface area (Å²) in [6, 6.07) is 29.7. The normalized spacial score (nSPS) is 11.1. The fourth-order valence-electron chi connectivity index (χ4n) is 4.85. The lowest BCUT2D eigenvalue weighted by Gasteiger charge is -2.09. The van der Waals surface area contributed by atoms with Crippen molar-refractivity contribution in [2.45, 2.75) is 38.8 Å². The highest BCUT2D eigenvalue weighted by Gasteiger charge is 2.11. The van der Waals surface area contributed by atoms with E-state index in [1.165, 1.54) is 17.7 Å². The van der Waals surface area contributed by atoms with Gasteiger partial charge in [0.15, 0.2) is 0 Å².